The Labute approximate surface area is 132 Å². The summed E-state index contributed by atoms with van der Waals surface area (Å²) in [6.45, 7) is 1.20. The number of nitrogens with zero attached hydrogens (tertiary/aromatic N) is 4. The molecule has 8 heteroatoms. The third-order valence-corrected chi connectivity index (χ3v) is 3.13. The number of nitrogens with two attached hydrogens (primary N) is 1. The van der Waals surface area contributed by atoms with Crippen molar-refractivity contribution in [2.45, 2.75) is 13.1 Å². The molecule has 1 amide bonds. The number of hydrogen-bond donors (Lipinski definition) is 2. The lowest BCUT2D eigenvalue weighted by Gasteiger charge is -1.98. The van der Waals surface area contributed by atoms with Crippen LogP contribution in [-0.2, 0) is 13.1 Å². The van der Waals surface area contributed by atoms with Crippen LogP contribution >= 0.6 is 0 Å². The molecule has 0 fully saturated rings. The summed E-state index contributed by atoms with van der Waals surface area (Å²) in [5.41, 5.74) is 7.18. The van der Waals surface area contributed by atoms with Gasteiger partial charge in [-0.25, -0.2) is 4.98 Å². The molecule has 0 spiro atoms. The Morgan fingerprint density at radius 1 is 1.30 bits per heavy atom. The summed E-state index contributed by atoms with van der Waals surface area (Å²) in [5.74, 6) is 0.196. The zero-order valence-electron chi connectivity index (χ0n) is 12.3. The van der Waals surface area contributed by atoms with E-state index >= 15 is 0 Å². The maximum atomic E-state index is 12.0. The lowest BCUT2D eigenvalue weighted by molar-refractivity contribution is 0.0945. The summed E-state index contributed by atoms with van der Waals surface area (Å²) in [5, 5.41) is 10.3. The van der Waals surface area contributed by atoms with E-state index in [0.29, 0.717) is 24.7 Å². The first-order valence-corrected chi connectivity index (χ1v) is 7.14. The zero-order chi connectivity index (χ0) is 16.1. The van der Waals surface area contributed by atoms with Gasteiger partial charge in [0.25, 0.3) is 5.91 Å². The molecule has 0 unspecified atom stereocenters. The average molecular weight is 312 g/mol. The minimum atomic E-state index is -0.322. The molecule has 2 aromatic heterocycles. The second-order valence-electron chi connectivity index (χ2n) is 4.85. The molecular weight excluding hydrogens is 296 g/mol. The standard InChI is InChI=1S/C15H16N6O2/c16-6-7-21-9-13(19-20-21)14(22)17-8-12-10-23-15(18-12)11-4-2-1-3-5-11/h1-5,9-10H,6-8,16H2,(H,17,22). The number of hydrogen-bond acceptors (Lipinski definition) is 6. The molecule has 0 aliphatic carbocycles. The number of carbonyl (C=O) groups excluding carboxylic acids is 1. The van der Waals surface area contributed by atoms with Crippen molar-refractivity contribution in [3.05, 3.63) is 54.2 Å². The fourth-order valence-electron chi connectivity index (χ4n) is 2.01. The molecule has 0 bridgehead atoms. The van der Waals surface area contributed by atoms with Crippen LogP contribution in [0.4, 0.5) is 0 Å². The Hall–Kier alpha value is -3.00. The number of aromatic nitrogens is 4. The fraction of sp³-hybridized carbons (Fsp3) is 0.200. The third-order valence-electron chi connectivity index (χ3n) is 3.13. The number of rotatable bonds is 6. The highest BCUT2D eigenvalue weighted by molar-refractivity contribution is 5.91. The molecule has 8 nitrogen and oxygen atoms in total. The van der Waals surface area contributed by atoms with Gasteiger partial charge in [-0.2, -0.15) is 0 Å². The van der Waals surface area contributed by atoms with Crippen molar-refractivity contribution in [2.75, 3.05) is 6.54 Å². The predicted molar refractivity (Wildman–Crippen MR) is 82.2 cm³/mol. The Morgan fingerprint density at radius 3 is 2.91 bits per heavy atom. The molecule has 3 rings (SSSR count). The van der Waals surface area contributed by atoms with Gasteiger partial charge in [0.15, 0.2) is 5.69 Å². The number of amides is 1. The lowest BCUT2D eigenvalue weighted by Crippen LogP contribution is -2.23. The second kappa shape index (κ2) is 6.84. The highest BCUT2D eigenvalue weighted by atomic mass is 16.3. The Bertz CT molecular complexity index is 780. The van der Waals surface area contributed by atoms with Crippen LogP contribution in [0.1, 0.15) is 16.2 Å². The quantitative estimate of drug-likeness (QED) is 0.697. The normalized spacial score (nSPS) is 10.7. The van der Waals surface area contributed by atoms with Crippen LogP contribution in [-0.4, -0.2) is 32.4 Å². The van der Waals surface area contributed by atoms with E-state index in [4.69, 9.17) is 10.2 Å². The van der Waals surface area contributed by atoms with Gasteiger partial charge < -0.3 is 15.5 Å². The van der Waals surface area contributed by atoms with E-state index in [9.17, 15) is 4.79 Å². The van der Waals surface area contributed by atoms with E-state index in [1.165, 1.54) is 10.9 Å². The van der Waals surface area contributed by atoms with Gasteiger partial charge in [-0.05, 0) is 12.1 Å². The first-order chi connectivity index (χ1) is 11.3. The molecule has 3 aromatic rings. The van der Waals surface area contributed by atoms with Crippen LogP contribution < -0.4 is 11.1 Å². The van der Waals surface area contributed by atoms with Crippen LogP contribution in [0.5, 0.6) is 0 Å². The number of oxazole rings is 1. The van der Waals surface area contributed by atoms with E-state index in [0.717, 1.165) is 5.56 Å². The van der Waals surface area contributed by atoms with Crippen molar-refractivity contribution in [1.29, 1.82) is 0 Å². The summed E-state index contributed by atoms with van der Waals surface area (Å²) in [7, 11) is 0. The van der Waals surface area contributed by atoms with Crippen LogP contribution in [0.3, 0.4) is 0 Å². The van der Waals surface area contributed by atoms with Crippen molar-refractivity contribution < 1.29 is 9.21 Å². The summed E-state index contributed by atoms with van der Waals surface area (Å²) in [4.78, 5) is 16.3. The van der Waals surface area contributed by atoms with Gasteiger partial charge in [0.05, 0.1) is 25.0 Å². The molecule has 0 saturated heterocycles. The van der Waals surface area contributed by atoms with E-state index in [-0.39, 0.29) is 18.1 Å². The molecule has 2 heterocycles. The van der Waals surface area contributed by atoms with E-state index < -0.39 is 0 Å². The minimum absolute atomic E-state index is 0.241. The molecule has 0 radical (unpaired) electrons. The van der Waals surface area contributed by atoms with Gasteiger partial charge in [-0.3, -0.25) is 9.48 Å². The second-order valence-corrected chi connectivity index (χ2v) is 4.85. The largest absolute Gasteiger partial charge is 0.444 e. The van der Waals surface area contributed by atoms with Gasteiger partial charge in [0.2, 0.25) is 5.89 Å². The van der Waals surface area contributed by atoms with Crippen molar-refractivity contribution in [2.24, 2.45) is 5.73 Å². The van der Waals surface area contributed by atoms with Gasteiger partial charge in [0.1, 0.15) is 6.26 Å². The molecular formula is C15H16N6O2. The van der Waals surface area contributed by atoms with Crippen LogP contribution in [0, 0.1) is 0 Å². The Balaban J connectivity index is 1.60. The molecule has 1 aromatic carbocycles. The summed E-state index contributed by atoms with van der Waals surface area (Å²) < 4.78 is 6.94. The highest BCUT2D eigenvalue weighted by Crippen LogP contribution is 2.17. The average Bonchev–Trinajstić information content (AvgIpc) is 3.23. The number of nitrogens with one attached hydrogen (secondary N) is 1. The van der Waals surface area contributed by atoms with Crippen LogP contribution in [0.2, 0.25) is 0 Å². The topological polar surface area (TPSA) is 112 Å². The minimum Gasteiger partial charge on any atom is -0.444 e. The summed E-state index contributed by atoms with van der Waals surface area (Å²) >= 11 is 0. The fourth-order valence-corrected chi connectivity index (χ4v) is 2.01. The third kappa shape index (κ3) is 3.61. The van der Waals surface area contributed by atoms with E-state index in [1.54, 1.807) is 6.20 Å². The number of benzene rings is 1. The number of carbonyl (C=O) groups is 1. The van der Waals surface area contributed by atoms with Gasteiger partial charge in [0, 0.05) is 12.1 Å². The van der Waals surface area contributed by atoms with Gasteiger partial charge >= 0.3 is 0 Å². The van der Waals surface area contributed by atoms with Crippen LogP contribution in [0.15, 0.2) is 47.2 Å². The maximum Gasteiger partial charge on any atom is 0.273 e. The smallest absolute Gasteiger partial charge is 0.273 e. The SMILES string of the molecule is NCCn1cc(C(=O)NCc2coc(-c3ccccc3)n2)nn1. The molecule has 118 valence electrons. The van der Waals surface area contributed by atoms with E-state index in [1.807, 2.05) is 30.3 Å². The lowest BCUT2D eigenvalue weighted by atomic mass is 10.2. The first kappa shape index (κ1) is 14.9. The molecule has 0 aliphatic rings. The highest BCUT2D eigenvalue weighted by Gasteiger charge is 2.12. The van der Waals surface area contributed by atoms with Crippen molar-refractivity contribution in [1.82, 2.24) is 25.3 Å². The molecule has 23 heavy (non-hydrogen) atoms. The summed E-state index contributed by atoms with van der Waals surface area (Å²) in [6, 6.07) is 9.55. The van der Waals surface area contributed by atoms with E-state index in [2.05, 4.69) is 20.6 Å². The first-order valence-electron chi connectivity index (χ1n) is 7.14. The predicted octanol–water partition coefficient (Wildman–Crippen LogP) is 0.822. The monoisotopic (exact) mass is 312 g/mol. The Kier molecular flexibility index (Phi) is 4.44. The van der Waals surface area contributed by atoms with Crippen molar-refractivity contribution in [3.63, 3.8) is 0 Å². The van der Waals surface area contributed by atoms with Gasteiger partial charge in [-0.1, -0.05) is 23.4 Å². The Morgan fingerprint density at radius 2 is 2.13 bits per heavy atom. The van der Waals surface area contributed by atoms with Crippen molar-refractivity contribution >= 4 is 5.91 Å². The molecule has 0 atom stereocenters. The zero-order valence-corrected chi connectivity index (χ0v) is 12.3. The molecule has 0 aliphatic heterocycles. The molecule has 0 saturated carbocycles. The maximum absolute atomic E-state index is 12.0. The van der Waals surface area contributed by atoms with Crippen LogP contribution in [0.25, 0.3) is 11.5 Å². The van der Waals surface area contributed by atoms with Gasteiger partial charge in [-0.15, -0.1) is 5.10 Å². The summed E-state index contributed by atoms with van der Waals surface area (Å²) in [6.07, 6.45) is 3.08. The van der Waals surface area contributed by atoms with Crippen molar-refractivity contribution in [3.8, 4) is 11.5 Å². The molecule has 3 N–H and O–H groups in total.